The highest BCUT2D eigenvalue weighted by Gasteiger charge is 2.04. The predicted octanol–water partition coefficient (Wildman–Crippen LogP) is 4.45. The van der Waals surface area contributed by atoms with E-state index in [1.165, 1.54) is 12.2 Å². The number of hydrogen-bond acceptors (Lipinski definition) is 5. The van der Waals surface area contributed by atoms with Crippen molar-refractivity contribution in [1.29, 1.82) is 0 Å². The van der Waals surface area contributed by atoms with Crippen molar-refractivity contribution in [2.24, 2.45) is 0 Å². The predicted molar refractivity (Wildman–Crippen MR) is 107 cm³/mol. The summed E-state index contributed by atoms with van der Waals surface area (Å²) in [5, 5.41) is 2.80. The zero-order valence-corrected chi connectivity index (χ0v) is 14.9. The second-order valence-electron chi connectivity index (χ2n) is 6.02. The molecular weight excluding hydrogens is 354 g/mol. The van der Waals surface area contributed by atoms with E-state index in [2.05, 4.69) is 15.3 Å². The minimum absolute atomic E-state index is 0.285. The molecule has 0 saturated heterocycles. The first kappa shape index (κ1) is 17.5. The number of ether oxygens (including phenoxy) is 1. The molecule has 4 aromatic rings. The molecular formula is C22H17N3O3. The van der Waals surface area contributed by atoms with E-state index in [0.717, 1.165) is 11.1 Å². The van der Waals surface area contributed by atoms with Gasteiger partial charge in [0.1, 0.15) is 17.9 Å². The number of aromatic nitrogens is 2. The van der Waals surface area contributed by atoms with E-state index in [9.17, 15) is 4.79 Å². The van der Waals surface area contributed by atoms with Crippen molar-refractivity contribution < 1.29 is 13.9 Å². The first-order chi connectivity index (χ1) is 13.8. The largest absolute Gasteiger partial charge is 0.489 e. The summed E-state index contributed by atoms with van der Waals surface area (Å²) in [5.74, 6) is 0.751. The minimum Gasteiger partial charge on any atom is -0.489 e. The number of benzene rings is 2. The third kappa shape index (κ3) is 4.42. The number of rotatable bonds is 6. The highest BCUT2D eigenvalue weighted by atomic mass is 16.5. The number of carbonyl (C=O) groups is 1. The standard InChI is InChI=1S/C22H17N3O3/c26-21(10-11-22-25-19-8-1-2-9-20(19)28-22)24-17-6-3-7-18(13-17)27-15-16-5-4-12-23-14-16/h1-14H,15H2,(H,24,26)/b11-10+. The monoisotopic (exact) mass is 371 g/mol. The molecule has 28 heavy (non-hydrogen) atoms. The summed E-state index contributed by atoms with van der Waals surface area (Å²) in [7, 11) is 0. The SMILES string of the molecule is O=C(/C=C/c1nc2ccccc2o1)Nc1cccc(OCc2cccnc2)c1. The summed E-state index contributed by atoms with van der Waals surface area (Å²) in [5.41, 5.74) is 3.04. The number of para-hydroxylation sites is 2. The van der Waals surface area contributed by atoms with Gasteiger partial charge < -0.3 is 14.5 Å². The molecule has 1 N–H and O–H groups in total. The molecule has 6 nitrogen and oxygen atoms in total. The van der Waals surface area contributed by atoms with E-state index >= 15 is 0 Å². The summed E-state index contributed by atoms with van der Waals surface area (Å²) >= 11 is 0. The number of pyridine rings is 1. The van der Waals surface area contributed by atoms with Gasteiger partial charge in [-0.05, 0) is 30.3 Å². The normalized spacial score (nSPS) is 11.0. The Hall–Kier alpha value is -3.93. The lowest BCUT2D eigenvalue weighted by atomic mass is 10.3. The summed E-state index contributed by atoms with van der Waals surface area (Å²) in [4.78, 5) is 20.5. The molecule has 0 aliphatic carbocycles. The van der Waals surface area contributed by atoms with Crippen LogP contribution in [0.1, 0.15) is 11.5 Å². The number of carbonyl (C=O) groups excluding carboxylic acids is 1. The van der Waals surface area contributed by atoms with E-state index in [-0.39, 0.29) is 5.91 Å². The number of hydrogen-bond donors (Lipinski definition) is 1. The second-order valence-corrected chi connectivity index (χ2v) is 6.02. The Kier molecular flexibility index (Phi) is 5.11. The Labute approximate surface area is 161 Å². The third-order valence-electron chi connectivity index (χ3n) is 3.92. The maximum Gasteiger partial charge on any atom is 0.248 e. The molecule has 0 saturated carbocycles. The molecule has 0 spiro atoms. The Balaban J connectivity index is 1.37. The van der Waals surface area contributed by atoms with Crippen molar-refractivity contribution in [1.82, 2.24) is 9.97 Å². The minimum atomic E-state index is -0.285. The molecule has 0 radical (unpaired) electrons. The molecule has 2 aromatic carbocycles. The molecule has 138 valence electrons. The molecule has 4 rings (SSSR count). The lowest BCUT2D eigenvalue weighted by Gasteiger charge is -2.08. The number of nitrogens with one attached hydrogen (secondary N) is 1. The smallest absolute Gasteiger partial charge is 0.248 e. The summed E-state index contributed by atoms with van der Waals surface area (Å²) in [6.07, 6.45) is 6.39. The van der Waals surface area contributed by atoms with Crippen LogP contribution in [0.3, 0.4) is 0 Å². The number of amides is 1. The van der Waals surface area contributed by atoms with Gasteiger partial charge in [-0.2, -0.15) is 0 Å². The molecule has 0 bridgehead atoms. The molecule has 0 fully saturated rings. The number of oxazole rings is 1. The first-order valence-corrected chi connectivity index (χ1v) is 8.73. The molecule has 1 amide bonds. The highest BCUT2D eigenvalue weighted by molar-refractivity contribution is 6.01. The van der Waals surface area contributed by atoms with Gasteiger partial charge in [0, 0.05) is 41.9 Å². The number of fused-ring (bicyclic) bond motifs is 1. The van der Waals surface area contributed by atoms with Crippen LogP contribution in [0.2, 0.25) is 0 Å². The second kappa shape index (κ2) is 8.18. The topological polar surface area (TPSA) is 77.2 Å². The molecule has 0 unspecified atom stereocenters. The van der Waals surface area contributed by atoms with Crippen LogP contribution in [0.5, 0.6) is 5.75 Å². The van der Waals surface area contributed by atoms with E-state index < -0.39 is 0 Å². The Morgan fingerprint density at radius 2 is 2.04 bits per heavy atom. The zero-order valence-electron chi connectivity index (χ0n) is 14.9. The highest BCUT2D eigenvalue weighted by Crippen LogP contribution is 2.19. The van der Waals surface area contributed by atoms with Crippen LogP contribution in [-0.2, 0) is 11.4 Å². The van der Waals surface area contributed by atoms with Crippen LogP contribution in [0.4, 0.5) is 5.69 Å². The lowest BCUT2D eigenvalue weighted by molar-refractivity contribution is -0.111. The Morgan fingerprint density at radius 3 is 2.89 bits per heavy atom. The average molecular weight is 371 g/mol. The lowest BCUT2D eigenvalue weighted by Crippen LogP contribution is -2.07. The van der Waals surface area contributed by atoms with Gasteiger partial charge in [-0.25, -0.2) is 4.98 Å². The number of anilines is 1. The van der Waals surface area contributed by atoms with Crippen molar-refractivity contribution in [3.05, 3.63) is 90.6 Å². The molecule has 2 aromatic heterocycles. The average Bonchev–Trinajstić information content (AvgIpc) is 3.15. The third-order valence-corrected chi connectivity index (χ3v) is 3.92. The van der Waals surface area contributed by atoms with Crippen LogP contribution in [-0.4, -0.2) is 15.9 Å². The fourth-order valence-corrected chi connectivity index (χ4v) is 2.61. The molecule has 0 aliphatic rings. The number of nitrogens with zero attached hydrogens (tertiary/aromatic N) is 2. The van der Waals surface area contributed by atoms with Crippen LogP contribution in [0.25, 0.3) is 17.2 Å². The summed E-state index contributed by atoms with van der Waals surface area (Å²) < 4.78 is 11.3. The molecule has 2 heterocycles. The molecule has 0 aliphatic heterocycles. The molecule has 6 heteroatoms. The van der Waals surface area contributed by atoms with Gasteiger partial charge in [0.2, 0.25) is 11.8 Å². The maximum atomic E-state index is 12.2. The van der Waals surface area contributed by atoms with Crippen molar-refractivity contribution in [2.45, 2.75) is 6.61 Å². The molecule has 0 atom stereocenters. The fourth-order valence-electron chi connectivity index (χ4n) is 2.61. The quantitative estimate of drug-likeness (QED) is 0.507. The van der Waals surface area contributed by atoms with Gasteiger partial charge in [0.15, 0.2) is 5.58 Å². The summed E-state index contributed by atoms with van der Waals surface area (Å²) in [6, 6.07) is 18.5. The van der Waals surface area contributed by atoms with Gasteiger partial charge in [0.05, 0.1) is 0 Å². The zero-order chi connectivity index (χ0) is 19.2. The van der Waals surface area contributed by atoms with E-state index in [1.807, 2.05) is 48.5 Å². The first-order valence-electron chi connectivity index (χ1n) is 8.73. The van der Waals surface area contributed by atoms with Crippen molar-refractivity contribution in [3.8, 4) is 5.75 Å². The summed E-state index contributed by atoms with van der Waals surface area (Å²) in [6.45, 7) is 0.406. The van der Waals surface area contributed by atoms with Crippen LogP contribution < -0.4 is 10.1 Å². The van der Waals surface area contributed by atoms with Gasteiger partial charge in [-0.1, -0.05) is 24.3 Å². The fraction of sp³-hybridized carbons (Fsp3) is 0.0455. The van der Waals surface area contributed by atoms with Gasteiger partial charge in [-0.15, -0.1) is 0 Å². The van der Waals surface area contributed by atoms with Gasteiger partial charge in [0.25, 0.3) is 0 Å². The Morgan fingerprint density at radius 1 is 1.11 bits per heavy atom. The Bertz CT molecular complexity index is 1090. The maximum absolute atomic E-state index is 12.2. The van der Waals surface area contributed by atoms with E-state index in [4.69, 9.17) is 9.15 Å². The van der Waals surface area contributed by atoms with Gasteiger partial charge in [-0.3, -0.25) is 9.78 Å². The van der Waals surface area contributed by atoms with E-state index in [1.54, 1.807) is 24.5 Å². The van der Waals surface area contributed by atoms with Crippen molar-refractivity contribution in [2.75, 3.05) is 5.32 Å². The van der Waals surface area contributed by atoms with Crippen molar-refractivity contribution >= 4 is 28.8 Å². The van der Waals surface area contributed by atoms with Gasteiger partial charge >= 0.3 is 0 Å². The van der Waals surface area contributed by atoms with E-state index in [0.29, 0.717) is 29.5 Å². The van der Waals surface area contributed by atoms with Crippen LogP contribution >= 0.6 is 0 Å². The van der Waals surface area contributed by atoms with Crippen molar-refractivity contribution in [3.63, 3.8) is 0 Å². The van der Waals surface area contributed by atoms with Crippen LogP contribution in [0.15, 0.2) is 83.6 Å². The van der Waals surface area contributed by atoms with Crippen LogP contribution in [0, 0.1) is 0 Å².